The van der Waals surface area contributed by atoms with E-state index in [0.29, 0.717) is 4.90 Å². The number of hydrogen-bond acceptors (Lipinski definition) is 5. The van der Waals surface area contributed by atoms with Crippen molar-refractivity contribution in [3.05, 3.63) is 16.3 Å². The van der Waals surface area contributed by atoms with Gasteiger partial charge in [0.25, 0.3) is 0 Å². The van der Waals surface area contributed by atoms with Crippen LogP contribution in [0.4, 0.5) is 0 Å². The summed E-state index contributed by atoms with van der Waals surface area (Å²) in [5.41, 5.74) is 0. The van der Waals surface area contributed by atoms with Crippen LogP contribution in [0.15, 0.2) is 16.3 Å². The number of nitrogens with zero attached hydrogens (tertiary/aromatic N) is 1. The van der Waals surface area contributed by atoms with E-state index in [0.717, 1.165) is 30.1 Å². The van der Waals surface area contributed by atoms with E-state index < -0.39 is 10.0 Å². The Balaban J connectivity index is 2.89. The van der Waals surface area contributed by atoms with Crippen LogP contribution in [0.1, 0.15) is 25.1 Å². The lowest BCUT2D eigenvalue weighted by Gasteiger charge is -2.25. The molecule has 1 aromatic heterocycles. The Morgan fingerprint density at radius 2 is 2.15 bits per heavy atom. The van der Waals surface area contributed by atoms with Gasteiger partial charge in [-0.1, -0.05) is 13.8 Å². The van der Waals surface area contributed by atoms with Crippen LogP contribution in [-0.4, -0.2) is 44.4 Å². The molecule has 0 aromatic carbocycles. The molecular formula is C13H24N2O2S3. The molecule has 0 aliphatic heterocycles. The second kappa shape index (κ2) is 8.38. The van der Waals surface area contributed by atoms with E-state index in [-0.39, 0.29) is 6.04 Å². The molecule has 0 amide bonds. The van der Waals surface area contributed by atoms with Crippen LogP contribution in [-0.2, 0) is 16.6 Å². The molecule has 7 heteroatoms. The number of hydrogen-bond donors (Lipinski definition) is 1. The van der Waals surface area contributed by atoms with Crippen LogP contribution < -0.4 is 5.32 Å². The monoisotopic (exact) mass is 336 g/mol. The molecule has 116 valence electrons. The van der Waals surface area contributed by atoms with E-state index in [9.17, 15) is 8.42 Å². The largest absolute Gasteiger partial charge is 0.312 e. The first-order valence-corrected chi connectivity index (χ1v) is 10.4. The topological polar surface area (TPSA) is 49.4 Å². The first-order chi connectivity index (χ1) is 9.47. The van der Waals surface area contributed by atoms with Gasteiger partial charge in [0.05, 0.1) is 4.90 Å². The number of sulfonamides is 1. The predicted molar refractivity (Wildman–Crippen MR) is 89.1 cm³/mol. The summed E-state index contributed by atoms with van der Waals surface area (Å²) >= 11 is 3.17. The lowest BCUT2D eigenvalue weighted by Crippen LogP contribution is -2.38. The molecule has 0 spiro atoms. The summed E-state index contributed by atoms with van der Waals surface area (Å²) in [6.45, 7) is 5.67. The molecule has 1 atom stereocenters. The maximum Gasteiger partial charge on any atom is 0.243 e. The Hall–Kier alpha value is -0.0800. The Bertz CT molecular complexity index is 499. The van der Waals surface area contributed by atoms with Gasteiger partial charge in [0, 0.05) is 35.6 Å². The molecule has 0 aliphatic carbocycles. The highest BCUT2D eigenvalue weighted by Gasteiger charge is 2.27. The van der Waals surface area contributed by atoms with Crippen molar-refractivity contribution in [2.75, 3.05) is 25.6 Å². The second-order valence-corrected chi connectivity index (χ2v) is 8.47. The second-order valence-electron chi connectivity index (χ2n) is 4.57. The van der Waals surface area contributed by atoms with E-state index in [1.165, 1.54) is 15.6 Å². The molecule has 0 bridgehead atoms. The minimum atomic E-state index is -3.37. The molecule has 1 aromatic rings. The zero-order valence-corrected chi connectivity index (χ0v) is 15.0. The van der Waals surface area contributed by atoms with Crippen molar-refractivity contribution in [3.63, 3.8) is 0 Å². The van der Waals surface area contributed by atoms with Gasteiger partial charge in [0.1, 0.15) is 0 Å². The Kier molecular flexibility index (Phi) is 7.53. The lowest BCUT2D eigenvalue weighted by molar-refractivity contribution is 0.385. The standard InChI is InChI=1S/C13H24N2O2S3/c1-5-11(9-18-4)15(3)20(16,17)13-7-12(19-10-13)8-14-6-2/h7,10-11,14H,5-6,8-9H2,1-4H3. The van der Waals surface area contributed by atoms with Crippen molar-refractivity contribution in [1.82, 2.24) is 9.62 Å². The summed E-state index contributed by atoms with van der Waals surface area (Å²) in [6, 6.07) is 1.83. The van der Waals surface area contributed by atoms with Crippen LogP contribution in [0, 0.1) is 0 Å². The molecule has 1 heterocycles. The number of rotatable bonds is 9. The fraction of sp³-hybridized carbons (Fsp3) is 0.692. The lowest BCUT2D eigenvalue weighted by atomic mass is 10.3. The first kappa shape index (κ1) is 18.0. The van der Waals surface area contributed by atoms with Gasteiger partial charge in [0.2, 0.25) is 10.0 Å². The first-order valence-electron chi connectivity index (χ1n) is 6.72. The van der Waals surface area contributed by atoms with Gasteiger partial charge < -0.3 is 5.32 Å². The van der Waals surface area contributed by atoms with Crippen LogP contribution in [0.5, 0.6) is 0 Å². The summed E-state index contributed by atoms with van der Waals surface area (Å²) in [6.07, 6.45) is 2.83. The van der Waals surface area contributed by atoms with Gasteiger partial charge in [0.15, 0.2) is 0 Å². The fourth-order valence-electron chi connectivity index (χ4n) is 1.87. The van der Waals surface area contributed by atoms with Crippen molar-refractivity contribution in [1.29, 1.82) is 0 Å². The molecule has 1 rings (SSSR count). The molecular weight excluding hydrogens is 312 g/mol. The fourth-order valence-corrected chi connectivity index (χ4v) is 5.47. The summed E-state index contributed by atoms with van der Waals surface area (Å²) < 4.78 is 26.7. The Morgan fingerprint density at radius 3 is 2.70 bits per heavy atom. The predicted octanol–water partition coefficient (Wildman–Crippen LogP) is 2.62. The van der Waals surface area contributed by atoms with Crippen LogP contribution in [0.2, 0.25) is 0 Å². The molecule has 1 unspecified atom stereocenters. The van der Waals surface area contributed by atoms with Crippen LogP contribution in [0.3, 0.4) is 0 Å². The Morgan fingerprint density at radius 1 is 1.45 bits per heavy atom. The van der Waals surface area contributed by atoms with E-state index in [2.05, 4.69) is 5.32 Å². The third kappa shape index (κ3) is 4.46. The van der Waals surface area contributed by atoms with Gasteiger partial charge in [-0.05, 0) is 25.3 Å². The summed E-state index contributed by atoms with van der Waals surface area (Å²) in [4.78, 5) is 1.47. The minimum absolute atomic E-state index is 0.0483. The van der Waals surface area contributed by atoms with E-state index in [1.807, 2.05) is 20.1 Å². The van der Waals surface area contributed by atoms with E-state index in [1.54, 1.807) is 30.3 Å². The zero-order valence-electron chi connectivity index (χ0n) is 12.5. The number of nitrogens with one attached hydrogen (secondary N) is 1. The molecule has 1 N–H and O–H groups in total. The molecule has 0 fully saturated rings. The van der Waals surface area contributed by atoms with Gasteiger partial charge in [-0.3, -0.25) is 0 Å². The van der Waals surface area contributed by atoms with Crippen molar-refractivity contribution in [2.45, 2.75) is 37.8 Å². The molecule has 0 saturated heterocycles. The van der Waals surface area contributed by atoms with Gasteiger partial charge in [-0.15, -0.1) is 11.3 Å². The minimum Gasteiger partial charge on any atom is -0.312 e. The average molecular weight is 337 g/mol. The van der Waals surface area contributed by atoms with Crippen molar-refractivity contribution < 1.29 is 8.42 Å². The zero-order chi connectivity index (χ0) is 15.2. The third-order valence-electron chi connectivity index (χ3n) is 3.20. The molecule has 0 saturated carbocycles. The Labute approximate surface area is 131 Å². The normalized spacial score (nSPS) is 13.8. The van der Waals surface area contributed by atoms with Gasteiger partial charge >= 0.3 is 0 Å². The quantitative estimate of drug-likeness (QED) is 0.753. The molecule has 20 heavy (non-hydrogen) atoms. The summed E-state index contributed by atoms with van der Waals surface area (Å²) in [5, 5.41) is 4.95. The highest BCUT2D eigenvalue weighted by atomic mass is 32.2. The van der Waals surface area contributed by atoms with Crippen molar-refractivity contribution in [3.8, 4) is 0 Å². The van der Waals surface area contributed by atoms with Crippen LogP contribution in [0.25, 0.3) is 0 Å². The van der Waals surface area contributed by atoms with Crippen molar-refractivity contribution in [2.24, 2.45) is 0 Å². The van der Waals surface area contributed by atoms with Gasteiger partial charge in [-0.25, -0.2) is 8.42 Å². The third-order valence-corrected chi connectivity index (χ3v) is 6.89. The smallest absolute Gasteiger partial charge is 0.243 e. The number of thioether (sulfide) groups is 1. The average Bonchev–Trinajstić information content (AvgIpc) is 2.91. The summed E-state index contributed by atoms with van der Waals surface area (Å²) in [7, 11) is -1.69. The highest BCUT2D eigenvalue weighted by molar-refractivity contribution is 7.98. The number of thiophene rings is 1. The summed E-state index contributed by atoms with van der Waals surface area (Å²) in [5.74, 6) is 0.820. The van der Waals surface area contributed by atoms with E-state index in [4.69, 9.17) is 0 Å². The highest BCUT2D eigenvalue weighted by Crippen LogP contribution is 2.24. The molecule has 4 nitrogen and oxygen atoms in total. The molecule has 0 radical (unpaired) electrons. The van der Waals surface area contributed by atoms with Crippen molar-refractivity contribution >= 4 is 33.1 Å². The maximum absolute atomic E-state index is 12.6. The van der Waals surface area contributed by atoms with E-state index >= 15 is 0 Å². The molecule has 0 aliphatic rings. The SMILES string of the molecule is CCNCc1cc(S(=O)(=O)N(C)C(CC)CSC)cs1. The van der Waals surface area contributed by atoms with Crippen LogP contribution >= 0.6 is 23.1 Å². The van der Waals surface area contributed by atoms with Gasteiger partial charge in [-0.2, -0.15) is 16.1 Å². The maximum atomic E-state index is 12.6.